The van der Waals surface area contributed by atoms with Crippen LogP contribution >= 0.6 is 0 Å². The third-order valence-electron chi connectivity index (χ3n) is 6.28. The Bertz CT molecular complexity index is 1250. The Balaban J connectivity index is 1.46. The lowest BCUT2D eigenvalue weighted by Gasteiger charge is -2.38. The summed E-state index contributed by atoms with van der Waals surface area (Å²) in [5.41, 5.74) is 3.04. The van der Waals surface area contributed by atoms with Crippen LogP contribution in [0.2, 0.25) is 0 Å². The molecule has 1 aliphatic rings. The highest BCUT2D eigenvalue weighted by molar-refractivity contribution is 5.74. The summed E-state index contributed by atoms with van der Waals surface area (Å²) in [6.07, 6.45) is 1.65. The topological polar surface area (TPSA) is 58.1 Å². The molecule has 1 N–H and O–H groups in total. The molecule has 31 heavy (non-hydrogen) atoms. The minimum Gasteiger partial charge on any atom is -0.316 e. The SMILES string of the molecule is O=c1[nH]c2ccccc2n(C2CCN(C(c3ccccc3)c3ccccc3)CC2)c1=O. The highest BCUT2D eigenvalue weighted by atomic mass is 16.2. The maximum atomic E-state index is 12.7. The number of H-pyrrole nitrogens is 1. The van der Waals surface area contributed by atoms with Gasteiger partial charge in [-0.3, -0.25) is 19.1 Å². The van der Waals surface area contributed by atoms with Crippen LogP contribution in [0.4, 0.5) is 0 Å². The Morgan fingerprint density at radius 1 is 0.742 bits per heavy atom. The van der Waals surface area contributed by atoms with Crippen LogP contribution in [-0.4, -0.2) is 27.5 Å². The first-order valence-electron chi connectivity index (χ1n) is 10.8. The van der Waals surface area contributed by atoms with E-state index in [4.69, 9.17) is 0 Å². The zero-order valence-corrected chi connectivity index (χ0v) is 17.3. The van der Waals surface area contributed by atoms with Gasteiger partial charge in [-0.25, -0.2) is 0 Å². The van der Waals surface area contributed by atoms with E-state index in [1.807, 2.05) is 36.4 Å². The summed E-state index contributed by atoms with van der Waals surface area (Å²) in [5.74, 6) is 0. The summed E-state index contributed by atoms with van der Waals surface area (Å²) in [6.45, 7) is 1.71. The van der Waals surface area contributed by atoms with Crippen LogP contribution in [0.25, 0.3) is 11.0 Å². The molecular weight excluding hydrogens is 386 g/mol. The number of likely N-dealkylation sites (tertiary alicyclic amines) is 1. The van der Waals surface area contributed by atoms with Crippen LogP contribution in [-0.2, 0) is 0 Å². The van der Waals surface area contributed by atoms with Crippen molar-refractivity contribution < 1.29 is 0 Å². The Hall–Kier alpha value is -3.44. The average Bonchev–Trinajstić information content (AvgIpc) is 2.82. The molecule has 4 aromatic rings. The third kappa shape index (κ3) is 3.73. The van der Waals surface area contributed by atoms with Gasteiger partial charge in [-0.2, -0.15) is 0 Å². The second kappa shape index (κ2) is 8.36. The van der Waals surface area contributed by atoms with E-state index in [1.54, 1.807) is 4.57 Å². The normalized spacial score (nSPS) is 15.5. The van der Waals surface area contributed by atoms with E-state index < -0.39 is 11.1 Å². The number of para-hydroxylation sites is 2. The van der Waals surface area contributed by atoms with Crippen LogP contribution in [0, 0.1) is 0 Å². The standard InChI is InChI=1S/C26H25N3O2/c30-25-26(31)29(23-14-8-7-13-22(23)27-25)21-15-17-28(18-16-21)24(19-9-3-1-4-10-19)20-11-5-2-6-12-20/h1-14,21,24H,15-18H2,(H,27,30). The van der Waals surface area contributed by atoms with Gasteiger partial charge in [-0.05, 0) is 36.1 Å². The Kier molecular flexibility index (Phi) is 5.26. The summed E-state index contributed by atoms with van der Waals surface area (Å²) in [4.78, 5) is 30.2. The maximum Gasteiger partial charge on any atom is 0.316 e. The first kappa shape index (κ1) is 19.5. The molecule has 3 aromatic carbocycles. The van der Waals surface area contributed by atoms with Gasteiger partial charge in [0.1, 0.15) is 0 Å². The molecule has 0 aliphatic carbocycles. The second-order valence-electron chi connectivity index (χ2n) is 8.14. The fourth-order valence-electron chi connectivity index (χ4n) is 4.83. The van der Waals surface area contributed by atoms with Gasteiger partial charge in [0, 0.05) is 19.1 Å². The van der Waals surface area contributed by atoms with Crippen LogP contribution in [0.1, 0.15) is 36.1 Å². The van der Waals surface area contributed by atoms with Crippen LogP contribution < -0.4 is 11.1 Å². The second-order valence-corrected chi connectivity index (χ2v) is 8.14. The summed E-state index contributed by atoms with van der Waals surface area (Å²) in [5, 5.41) is 0. The molecule has 0 saturated carbocycles. The van der Waals surface area contributed by atoms with E-state index in [9.17, 15) is 9.59 Å². The van der Waals surface area contributed by atoms with Crippen molar-refractivity contribution in [3.63, 3.8) is 0 Å². The van der Waals surface area contributed by atoms with E-state index in [1.165, 1.54) is 11.1 Å². The Morgan fingerprint density at radius 3 is 1.90 bits per heavy atom. The average molecular weight is 412 g/mol. The number of benzene rings is 3. The van der Waals surface area contributed by atoms with Crippen molar-refractivity contribution >= 4 is 11.0 Å². The lowest BCUT2D eigenvalue weighted by Crippen LogP contribution is -2.43. The number of hydrogen-bond acceptors (Lipinski definition) is 3. The summed E-state index contributed by atoms with van der Waals surface area (Å²) < 4.78 is 1.71. The molecule has 1 aromatic heterocycles. The highest BCUT2D eigenvalue weighted by Gasteiger charge is 2.29. The maximum absolute atomic E-state index is 12.7. The predicted molar refractivity (Wildman–Crippen MR) is 123 cm³/mol. The van der Waals surface area contributed by atoms with E-state index in [0.29, 0.717) is 5.52 Å². The van der Waals surface area contributed by atoms with E-state index >= 15 is 0 Å². The zero-order valence-electron chi connectivity index (χ0n) is 17.3. The van der Waals surface area contributed by atoms with Gasteiger partial charge in [0.2, 0.25) is 0 Å². The van der Waals surface area contributed by atoms with E-state index in [-0.39, 0.29) is 12.1 Å². The Labute approximate surface area is 180 Å². The van der Waals surface area contributed by atoms with Gasteiger partial charge in [0.25, 0.3) is 0 Å². The van der Waals surface area contributed by atoms with Gasteiger partial charge in [-0.1, -0.05) is 72.8 Å². The molecule has 0 amide bonds. The molecule has 0 atom stereocenters. The molecule has 0 unspecified atom stereocenters. The van der Waals surface area contributed by atoms with Gasteiger partial charge in [0.15, 0.2) is 0 Å². The molecule has 0 spiro atoms. The van der Waals surface area contributed by atoms with Crippen LogP contribution in [0.3, 0.4) is 0 Å². The first-order valence-corrected chi connectivity index (χ1v) is 10.8. The monoisotopic (exact) mass is 411 g/mol. The molecule has 0 radical (unpaired) electrons. The molecule has 1 saturated heterocycles. The molecule has 5 heteroatoms. The minimum absolute atomic E-state index is 0.0168. The number of nitrogens with one attached hydrogen (secondary N) is 1. The molecule has 2 heterocycles. The number of rotatable bonds is 4. The lowest BCUT2D eigenvalue weighted by atomic mass is 9.94. The van der Waals surface area contributed by atoms with Crippen molar-refractivity contribution in [3.8, 4) is 0 Å². The van der Waals surface area contributed by atoms with Crippen molar-refractivity contribution in [1.29, 1.82) is 0 Å². The number of fused-ring (bicyclic) bond motifs is 1. The van der Waals surface area contributed by atoms with Crippen molar-refractivity contribution in [1.82, 2.24) is 14.5 Å². The fraction of sp³-hybridized carbons (Fsp3) is 0.231. The number of aromatic amines is 1. The van der Waals surface area contributed by atoms with Gasteiger partial charge in [0.05, 0.1) is 17.1 Å². The molecule has 5 nitrogen and oxygen atoms in total. The Morgan fingerprint density at radius 2 is 1.29 bits per heavy atom. The summed E-state index contributed by atoms with van der Waals surface area (Å²) >= 11 is 0. The number of piperidine rings is 1. The van der Waals surface area contributed by atoms with Gasteiger partial charge >= 0.3 is 11.1 Å². The molecule has 156 valence electrons. The van der Waals surface area contributed by atoms with E-state index in [2.05, 4.69) is 58.4 Å². The fourth-order valence-corrected chi connectivity index (χ4v) is 4.83. The lowest BCUT2D eigenvalue weighted by molar-refractivity contribution is 0.153. The number of nitrogens with zero attached hydrogens (tertiary/aromatic N) is 2. The number of hydrogen-bond donors (Lipinski definition) is 1. The van der Waals surface area contributed by atoms with Crippen molar-refractivity contribution in [2.45, 2.75) is 24.9 Å². The third-order valence-corrected chi connectivity index (χ3v) is 6.28. The van der Waals surface area contributed by atoms with E-state index in [0.717, 1.165) is 31.4 Å². The predicted octanol–water partition coefficient (Wildman–Crippen LogP) is 4.12. The minimum atomic E-state index is -0.549. The number of aromatic nitrogens is 2. The highest BCUT2D eigenvalue weighted by Crippen LogP contribution is 2.33. The quantitative estimate of drug-likeness (QED) is 0.514. The van der Waals surface area contributed by atoms with Crippen LogP contribution in [0.5, 0.6) is 0 Å². The molecule has 1 fully saturated rings. The van der Waals surface area contributed by atoms with Crippen molar-refractivity contribution in [3.05, 3.63) is 117 Å². The summed E-state index contributed by atoms with van der Waals surface area (Å²) in [7, 11) is 0. The molecule has 1 aliphatic heterocycles. The van der Waals surface area contributed by atoms with Gasteiger partial charge < -0.3 is 4.98 Å². The smallest absolute Gasteiger partial charge is 0.316 e. The largest absolute Gasteiger partial charge is 0.316 e. The van der Waals surface area contributed by atoms with Crippen molar-refractivity contribution in [2.75, 3.05) is 13.1 Å². The molecule has 5 rings (SSSR count). The first-order chi connectivity index (χ1) is 15.2. The van der Waals surface area contributed by atoms with Gasteiger partial charge in [-0.15, -0.1) is 0 Å². The zero-order chi connectivity index (χ0) is 21.2. The molecule has 0 bridgehead atoms. The summed E-state index contributed by atoms with van der Waals surface area (Å²) in [6, 6.07) is 28.9. The van der Waals surface area contributed by atoms with Crippen LogP contribution in [0.15, 0.2) is 94.5 Å². The van der Waals surface area contributed by atoms with Crippen molar-refractivity contribution in [2.24, 2.45) is 0 Å². The molecular formula is C26H25N3O2.